The standard InChI is InChI=1S/C20H32O4/c1-13-15(21)16(22)17-18(2,3)8-5-9-19(17,4)20(13,23)10-6-14-7-11-24-12-14/h7,11-13,15-17,21-23H,5-6,8-10H2,1-4H3/t13-,15-,16-,17+,19+,20-/m1/s1. The van der Waals surface area contributed by atoms with Crippen LogP contribution >= 0.6 is 0 Å². The lowest BCUT2D eigenvalue weighted by atomic mass is 9.43. The Hall–Kier alpha value is -0.840. The molecule has 0 spiro atoms. The van der Waals surface area contributed by atoms with Crippen molar-refractivity contribution in [2.24, 2.45) is 22.7 Å². The molecule has 0 bridgehead atoms. The van der Waals surface area contributed by atoms with E-state index in [2.05, 4.69) is 20.8 Å². The van der Waals surface area contributed by atoms with Crippen molar-refractivity contribution < 1.29 is 19.7 Å². The quantitative estimate of drug-likeness (QED) is 0.793. The van der Waals surface area contributed by atoms with Gasteiger partial charge in [0.15, 0.2) is 0 Å². The van der Waals surface area contributed by atoms with Crippen molar-refractivity contribution in [3.63, 3.8) is 0 Å². The smallest absolute Gasteiger partial charge is 0.0934 e. The highest BCUT2D eigenvalue weighted by Crippen LogP contribution is 2.63. The summed E-state index contributed by atoms with van der Waals surface area (Å²) in [6.07, 6.45) is 5.92. The predicted octanol–water partition coefficient (Wildman–Crippen LogP) is 3.15. The van der Waals surface area contributed by atoms with Gasteiger partial charge >= 0.3 is 0 Å². The molecular weight excluding hydrogens is 304 g/mol. The molecule has 0 radical (unpaired) electrons. The van der Waals surface area contributed by atoms with Gasteiger partial charge in [0.2, 0.25) is 0 Å². The Morgan fingerprint density at radius 2 is 1.88 bits per heavy atom. The van der Waals surface area contributed by atoms with Crippen LogP contribution in [0.25, 0.3) is 0 Å². The first-order valence-corrected chi connectivity index (χ1v) is 9.23. The molecule has 24 heavy (non-hydrogen) atoms. The predicted molar refractivity (Wildman–Crippen MR) is 92.4 cm³/mol. The fourth-order valence-corrected chi connectivity index (χ4v) is 5.99. The molecule has 0 aromatic carbocycles. The van der Waals surface area contributed by atoms with Gasteiger partial charge in [-0.2, -0.15) is 0 Å². The molecule has 3 N–H and O–H groups in total. The Morgan fingerprint density at radius 3 is 2.50 bits per heavy atom. The van der Waals surface area contributed by atoms with Crippen LogP contribution in [0.1, 0.15) is 58.9 Å². The second kappa shape index (κ2) is 5.86. The summed E-state index contributed by atoms with van der Waals surface area (Å²) in [7, 11) is 0. The van der Waals surface area contributed by atoms with Crippen LogP contribution in [-0.2, 0) is 6.42 Å². The van der Waals surface area contributed by atoms with Gasteiger partial charge in [-0.15, -0.1) is 0 Å². The second-order valence-corrected chi connectivity index (χ2v) is 9.06. The van der Waals surface area contributed by atoms with E-state index in [1.54, 1.807) is 12.5 Å². The molecule has 3 rings (SSSR count). The van der Waals surface area contributed by atoms with E-state index < -0.39 is 23.2 Å². The van der Waals surface area contributed by atoms with Gasteiger partial charge < -0.3 is 19.7 Å². The lowest BCUT2D eigenvalue weighted by molar-refractivity contribution is -0.277. The summed E-state index contributed by atoms with van der Waals surface area (Å²) in [6, 6.07) is 1.92. The SMILES string of the molecule is C[C@@H]1[C@@H](O)[C@@H](O)[C@H]2C(C)(C)CCC[C@]2(C)[C@@]1(O)CCc1ccoc1. The highest BCUT2D eigenvalue weighted by atomic mass is 16.3. The van der Waals surface area contributed by atoms with Gasteiger partial charge in [-0.3, -0.25) is 0 Å². The molecule has 1 heterocycles. The van der Waals surface area contributed by atoms with Gasteiger partial charge in [-0.1, -0.05) is 34.1 Å². The van der Waals surface area contributed by atoms with E-state index in [0.717, 1.165) is 24.8 Å². The lowest BCUT2D eigenvalue weighted by Gasteiger charge is -2.65. The number of hydrogen-bond acceptors (Lipinski definition) is 4. The normalized spacial score (nSPS) is 45.0. The summed E-state index contributed by atoms with van der Waals surface area (Å²) in [5.74, 6) is -0.478. The van der Waals surface area contributed by atoms with Crippen LogP contribution in [0.5, 0.6) is 0 Å². The van der Waals surface area contributed by atoms with Crippen LogP contribution in [0.4, 0.5) is 0 Å². The van der Waals surface area contributed by atoms with E-state index in [9.17, 15) is 15.3 Å². The zero-order chi connectivity index (χ0) is 17.8. The third-order valence-electron chi connectivity index (χ3n) is 7.37. The zero-order valence-electron chi connectivity index (χ0n) is 15.3. The fraction of sp³-hybridized carbons (Fsp3) is 0.800. The number of hydrogen-bond donors (Lipinski definition) is 3. The van der Waals surface area contributed by atoms with Crippen molar-refractivity contribution in [2.45, 2.75) is 77.6 Å². The zero-order valence-corrected chi connectivity index (χ0v) is 15.3. The van der Waals surface area contributed by atoms with Crippen molar-refractivity contribution in [1.29, 1.82) is 0 Å². The molecule has 6 atom stereocenters. The van der Waals surface area contributed by atoms with Crippen molar-refractivity contribution in [3.05, 3.63) is 24.2 Å². The van der Waals surface area contributed by atoms with Gasteiger partial charge in [-0.05, 0) is 42.7 Å². The third-order valence-corrected chi connectivity index (χ3v) is 7.37. The van der Waals surface area contributed by atoms with E-state index in [1.807, 2.05) is 13.0 Å². The highest BCUT2D eigenvalue weighted by Gasteiger charge is 2.66. The fourth-order valence-electron chi connectivity index (χ4n) is 5.99. The third kappa shape index (κ3) is 2.46. The Morgan fingerprint density at radius 1 is 1.17 bits per heavy atom. The molecule has 1 aromatic rings. The van der Waals surface area contributed by atoms with Crippen LogP contribution in [0.3, 0.4) is 0 Å². The minimum atomic E-state index is -1.01. The Kier molecular flexibility index (Phi) is 4.38. The lowest BCUT2D eigenvalue weighted by Crippen LogP contribution is -2.70. The number of aliphatic hydroxyl groups excluding tert-OH is 2. The second-order valence-electron chi connectivity index (χ2n) is 9.06. The number of furan rings is 1. The largest absolute Gasteiger partial charge is 0.472 e. The molecule has 4 nitrogen and oxygen atoms in total. The molecule has 2 aliphatic carbocycles. The molecule has 136 valence electrons. The summed E-state index contributed by atoms with van der Waals surface area (Å²) in [5, 5.41) is 33.4. The van der Waals surface area contributed by atoms with Crippen molar-refractivity contribution in [1.82, 2.24) is 0 Å². The Labute approximate surface area is 144 Å². The van der Waals surface area contributed by atoms with Gasteiger partial charge in [0.1, 0.15) is 0 Å². The summed E-state index contributed by atoms with van der Waals surface area (Å²) in [5.41, 5.74) is -0.453. The summed E-state index contributed by atoms with van der Waals surface area (Å²) in [6.45, 7) is 8.33. The molecule has 4 heteroatoms. The van der Waals surface area contributed by atoms with E-state index in [0.29, 0.717) is 12.8 Å². The first kappa shape index (κ1) is 18.0. The molecule has 2 fully saturated rings. The Balaban J connectivity index is 1.98. The van der Waals surface area contributed by atoms with E-state index >= 15 is 0 Å². The van der Waals surface area contributed by atoms with Gasteiger partial charge in [-0.25, -0.2) is 0 Å². The number of rotatable bonds is 3. The molecule has 0 saturated heterocycles. The van der Waals surface area contributed by atoms with Gasteiger partial charge in [0, 0.05) is 17.3 Å². The summed E-state index contributed by atoms with van der Waals surface area (Å²) < 4.78 is 5.15. The van der Waals surface area contributed by atoms with E-state index in [1.165, 1.54) is 0 Å². The van der Waals surface area contributed by atoms with Gasteiger partial charge in [0.05, 0.1) is 30.3 Å². The topological polar surface area (TPSA) is 73.8 Å². The number of aryl methyl sites for hydroxylation is 1. The number of fused-ring (bicyclic) bond motifs is 1. The molecule has 0 amide bonds. The van der Waals surface area contributed by atoms with Crippen LogP contribution in [0.15, 0.2) is 23.0 Å². The van der Waals surface area contributed by atoms with Crippen molar-refractivity contribution >= 4 is 0 Å². The maximum absolute atomic E-state index is 11.8. The van der Waals surface area contributed by atoms with E-state index in [-0.39, 0.29) is 17.3 Å². The number of aliphatic hydroxyl groups is 3. The van der Waals surface area contributed by atoms with Crippen LogP contribution in [-0.4, -0.2) is 33.1 Å². The molecule has 0 unspecified atom stereocenters. The van der Waals surface area contributed by atoms with Crippen LogP contribution in [0, 0.1) is 22.7 Å². The average Bonchev–Trinajstić information content (AvgIpc) is 3.02. The first-order valence-electron chi connectivity index (χ1n) is 9.23. The van der Waals surface area contributed by atoms with E-state index in [4.69, 9.17) is 4.42 Å². The van der Waals surface area contributed by atoms with Crippen molar-refractivity contribution in [2.75, 3.05) is 0 Å². The Bertz CT molecular complexity index is 566. The molecular formula is C20H32O4. The average molecular weight is 336 g/mol. The minimum absolute atomic E-state index is 0.100. The first-order chi connectivity index (χ1) is 11.1. The van der Waals surface area contributed by atoms with Crippen LogP contribution in [0.2, 0.25) is 0 Å². The maximum Gasteiger partial charge on any atom is 0.0934 e. The molecule has 2 aliphatic rings. The summed E-state index contributed by atoms with van der Waals surface area (Å²) in [4.78, 5) is 0. The maximum atomic E-state index is 11.8. The molecule has 2 saturated carbocycles. The highest BCUT2D eigenvalue weighted by molar-refractivity contribution is 5.17. The monoisotopic (exact) mass is 336 g/mol. The molecule has 0 aliphatic heterocycles. The molecule has 1 aromatic heterocycles. The van der Waals surface area contributed by atoms with Crippen molar-refractivity contribution in [3.8, 4) is 0 Å². The minimum Gasteiger partial charge on any atom is -0.472 e. The van der Waals surface area contributed by atoms with Crippen LogP contribution < -0.4 is 0 Å². The summed E-state index contributed by atoms with van der Waals surface area (Å²) >= 11 is 0. The van der Waals surface area contributed by atoms with Gasteiger partial charge in [0.25, 0.3) is 0 Å².